The van der Waals surface area contributed by atoms with E-state index in [0.717, 1.165) is 10.5 Å². The smallest absolute Gasteiger partial charge is 0.225 e. The third-order valence-corrected chi connectivity index (χ3v) is 3.59. The average Bonchev–Trinajstić information content (AvgIpc) is 2.26. The number of aryl methyl sites for hydroxylation is 1. The molecule has 0 spiro atoms. The van der Waals surface area contributed by atoms with Crippen LogP contribution in [0.5, 0.6) is 0 Å². The predicted octanol–water partition coefficient (Wildman–Crippen LogP) is 1.44. The number of carbonyl (C=O) groups excluding carboxylic acids is 1. The minimum absolute atomic E-state index is 0.0531. The van der Waals surface area contributed by atoms with Crippen molar-refractivity contribution >= 4 is 22.4 Å². The minimum atomic E-state index is -1.04. The molecule has 0 radical (unpaired) electrons. The van der Waals surface area contributed by atoms with Gasteiger partial charge in [0.2, 0.25) is 5.91 Å². The SMILES string of the molecule is Cc1ccc2c(c1)NC(=O)CCS2=O. The summed E-state index contributed by atoms with van der Waals surface area (Å²) in [5.74, 6) is 0.365. The van der Waals surface area contributed by atoms with Crippen molar-refractivity contribution < 1.29 is 9.00 Å². The van der Waals surface area contributed by atoms with Crippen molar-refractivity contribution in [2.45, 2.75) is 18.2 Å². The monoisotopic (exact) mass is 209 g/mol. The Balaban J connectivity index is 2.52. The Hall–Kier alpha value is -1.16. The lowest BCUT2D eigenvalue weighted by molar-refractivity contribution is -0.115. The van der Waals surface area contributed by atoms with E-state index in [4.69, 9.17) is 0 Å². The molecule has 1 heterocycles. The summed E-state index contributed by atoms with van der Waals surface area (Å²) in [6, 6.07) is 5.59. The Morgan fingerprint density at radius 2 is 2.21 bits per heavy atom. The highest BCUT2D eigenvalue weighted by atomic mass is 32.2. The summed E-state index contributed by atoms with van der Waals surface area (Å²) >= 11 is 0. The number of fused-ring (bicyclic) bond motifs is 1. The molecule has 1 unspecified atom stereocenters. The van der Waals surface area contributed by atoms with Crippen molar-refractivity contribution in [1.82, 2.24) is 0 Å². The maximum absolute atomic E-state index is 11.7. The first-order chi connectivity index (χ1) is 6.66. The highest BCUT2D eigenvalue weighted by molar-refractivity contribution is 7.85. The molecule has 0 aliphatic carbocycles. The van der Waals surface area contributed by atoms with Crippen LogP contribution in [0.3, 0.4) is 0 Å². The van der Waals surface area contributed by atoms with Crippen LogP contribution in [0.1, 0.15) is 12.0 Å². The predicted molar refractivity (Wildman–Crippen MR) is 55.7 cm³/mol. The van der Waals surface area contributed by atoms with Gasteiger partial charge in [-0.05, 0) is 24.6 Å². The second kappa shape index (κ2) is 3.53. The summed E-state index contributed by atoms with van der Waals surface area (Å²) in [5.41, 5.74) is 1.76. The molecule has 1 aliphatic rings. The van der Waals surface area contributed by atoms with Gasteiger partial charge >= 0.3 is 0 Å². The van der Waals surface area contributed by atoms with Crippen LogP contribution in [0.15, 0.2) is 23.1 Å². The summed E-state index contributed by atoms with van der Waals surface area (Å²) < 4.78 is 11.7. The van der Waals surface area contributed by atoms with E-state index in [0.29, 0.717) is 17.9 Å². The normalized spacial score (nSPS) is 20.9. The van der Waals surface area contributed by atoms with Crippen LogP contribution in [0.4, 0.5) is 5.69 Å². The number of benzene rings is 1. The van der Waals surface area contributed by atoms with Gasteiger partial charge in [0, 0.05) is 12.2 Å². The molecule has 3 nitrogen and oxygen atoms in total. The van der Waals surface area contributed by atoms with Crippen LogP contribution in [0.25, 0.3) is 0 Å². The zero-order valence-electron chi connectivity index (χ0n) is 7.87. The van der Waals surface area contributed by atoms with Crippen molar-refractivity contribution in [2.24, 2.45) is 0 Å². The highest BCUT2D eigenvalue weighted by Gasteiger charge is 2.17. The average molecular weight is 209 g/mol. The van der Waals surface area contributed by atoms with E-state index in [9.17, 15) is 9.00 Å². The Morgan fingerprint density at radius 1 is 1.43 bits per heavy atom. The lowest BCUT2D eigenvalue weighted by Crippen LogP contribution is -2.10. The second-order valence-corrected chi connectivity index (χ2v) is 4.89. The zero-order valence-corrected chi connectivity index (χ0v) is 8.69. The summed E-state index contributed by atoms with van der Waals surface area (Å²) in [4.78, 5) is 12.0. The van der Waals surface area contributed by atoms with Crippen LogP contribution >= 0.6 is 0 Å². The number of anilines is 1. The number of hydrogen-bond donors (Lipinski definition) is 1. The molecule has 1 aliphatic heterocycles. The molecule has 2 rings (SSSR count). The van der Waals surface area contributed by atoms with Gasteiger partial charge < -0.3 is 5.32 Å². The molecule has 0 fully saturated rings. The van der Waals surface area contributed by atoms with Gasteiger partial charge in [-0.1, -0.05) is 6.07 Å². The summed E-state index contributed by atoms with van der Waals surface area (Å²) in [7, 11) is -1.04. The number of nitrogens with one attached hydrogen (secondary N) is 1. The van der Waals surface area contributed by atoms with E-state index in [2.05, 4.69) is 5.32 Å². The van der Waals surface area contributed by atoms with E-state index in [1.54, 1.807) is 0 Å². The summed E-state index contributed by atoms with van der Waals surface area (Å²) in [6.45, 7) is 1.94. The van der Waals surface area contributed by atoms with Gasteiger partial charge in [0.25, 0.3) is 0 Å². The minimum Gasteiger partial charge on any atom is -0.325 e. The number of rotatable bonds is 0. The van der Waals surface area contributed by atoms with E-state index in [-0.39, 0.29) is 5.91 Å². The first-order valence-electron chi connectivity index (χ1n) is 4.46. The second-order valence-electron chi connectivity index (χ2n) is 3.35. The van der Waals surface area contributed by atoms with Gasteiger partial charge in [0.15, 0.2) is 0 Å². The molecule has 1 amide bonds. The van der Waals surface area contributed by atoms with Crippen LogP contribution < -0.4 is 5.32 Å². The lowest BCUT2D eigenvalue weighted by atomic mass is 10.2. The number of hydrogen-bond acceptors (Lipinski definition) is 2. The lowest BCUT2D eigenvalue weighted by Gasteiger charge is -2.06. The first-order valence-corrected chi connectivity index (χ1v) is 5.77. The topological polar surface area (TPSA) is 46.2 Å². The van der Waals surface area contributed by atoms with E-state index in [1.807, 2.05) is 25.1 Å². The van der Waals surface area contributed by atoms with Gasteiger partial charge in [-0.3, -0.25) is 9.00 Å². The maximum atomic E-state index is 11.7. The summed E-state index contributed by atoms with van der Waals surface area (Å²) in [5, 5.41) is 2.76. The molecule has 1 N–H and O–H groups in total. The third kappa shape index (κ3) is 1.70. The summed E-state index contributed by atoms with van der Waals surface area (Å²) in [6.07, 6.45) is 0.334. The molecule has 1 atom stereocenters. The molecular formula is C10H11NO2S. The molecule has 4 heteroatoms. The van der Waals surface area contributed by atoms with Crippen molar-refractivity contribution in [3.8, 4) is 0 Å². The van der Waals surface area contributed by atoms with Gasteiger partial charge in [-0.2, -0.15) is 0 Å². The largest absolute Gasteiger partial charge is 0.325 e. The molecule has 0 saturated carbocycles. The Morgan fingerprint density at radius 3 is 3.00 bits per heavy atom. The molecule has 0 bridgehead atoms. The molecule has 1 aromatic rings. The standard InChI is InChI=1S/C10H11NO2S/c1-7-2-3-9-8(6-7)11-10(12)4-5-14(9)13/h2-3,6H,4-5H2,1H3,(H,11,12). The molecular weight excluding hydrogens is 198 g/mol. The van der Waals surface area contributed by atoms with E-state index < -0.39 is 10.8 Å². The van der Waals surface area contributed by atoms with Crippen molar-refractivity contribution in [2.75, 3.05) is 11.1 Å². The van der Waals surface area contributed by atoms with E-state index >= 15 is 0 Å². The van der Waals surface area contributed by atoms with Crippen molar-refractivity contribution in [1.29, 1.82) is 0 Å². The van der Waals surface area contributed by atoms with Crippen molar-refractivity contribution in [3.05, 3.63) is 23.8 Å². The van der Waals surface area contributed by atoms with Crippen molar-refractivity contribution in [3.63, 3.8) is 0 Å². The Kier molecular flexibility index (Phi) is 2.37. The van der Waals surface area contributed by atoms with Crippen LogP contribution in [-0.2, 0) is 15.6 Å². The Labute approximate surface area is 85.0 Å². The van der Waals surface area contributed by atoms with Gasteiger partial charge in [-0.15, -0.1) is 0 Å². The van der Waals surface area contributed by atoms with Gasteiger partial charge in [0.1, 0.15) is 0 Å². The fourth-order valence-corrected chi connectivity index (χ4v) is 2.61. The van der Waals surface area contributed by atoms with Gasteiger partial charge in [0.05, 0.1) is 21.4 Å². The fourth-order valence-electron chi connectivity index (χ4n) is 1.45. The quantitative estimate of drug-likeness (QED) is 0.703. The molecule has 1 aromatic carbocycles. The number of carbonyl (C=O) groups is 1. The first kappa shape index (κ1) is 9.40. The van der Waals surface area contributed by atoms with Crippen LogP contribution in [0.2, 0.25) is 0 Å². The Bertz CT molecular complexity index is 415. The molecule has 0 aromatic heterocycles. The highest BCUT2D eigenvalue weighted by Crippen LogP contribution is 2.24. The molecule has 0 saturated heterocycles. The van der Waals surface area contributed by atoms with Gasteiger partial charge in [-0.25, -0.2) is 0 Å². The molecule has 74 valence electrons. The zero-order chi connectivity index (χ0) is 10.1. The number of amides is 1. The van der Waals surface area contributed by atoms with Crippen LogP contribution in [-0.4, -0.2) is 15.9 Å². The van der Waals surface area contributed by atoms with Crippen LogP contribution in [0, 0.1) is 6.92 Å². The molecule has 14 heavy (non-hydrogen) atoms. The maximum Gasteiger partial charge on any atom is 0.225 e. The third-order valence-electron chi connectivity index (χ3n) is 2.17. The van der Waals surface area contributed by atoms with E-state index in [1.165, 1.54) is 0 Å². The fraction of sp³-hybridized carbons (Fsp3) is 0.300.